The summed E-state index contributed by atoms with van der Waals surface area (Å²) in [5.74, 6) is -1.44. The van der Waals surface area contributed by atoms with Crippen molar-refractivity contribution in [1.82, 2.24) is 0 Å². The molecule has 1 N–H and O–H groups in total. The van der Waals surface area contributed by atoms with Crippen molar-refractivity contribution < 1.29 is 14.7 Å². The van der Waals surface area contributed by atoms with E-state index >= 15 is 0 Å². The van der Waals surface area contributed by atoms with Crippen LogP contribution in [0.1, 0.15) is 60.2 Å². The highest BCUT2D eigenvalue weighted by atomic mass is 16.3. The van der Waals surface area contributed by atoms with Crippen molar-refractivity contribution in [3.63, 3.8) is 0 Å². The summed E-state index contributed by atoms with van der Waals surface area (Å²) >= 11 is 0. The number of hydrogen-bond donors (Lipinski definition) is 1. The third-order valence-electron chi connectivity index (χ3n) is 6.57. The number of aliphatic hydroxyl groups is 1. The highest BCUT2D eigenvalue weighted by Crippen LogP contribution is 2.43. The number of hydrogen-bond acceptors (Lipinski definition) is 3. The van der Waals surface area contributed by atoms with Gasteiger partial charge in [0.2, 0.25) is 0 Å². The summed E-state index contributed by atoms with van der Waals surface area (Å²) in [7, 11) is 0. The van der Waals surface area contributed by atoms with Gasteiger partial charge in [0.15, 0.2) is 0 Å². The van der Waals surface area contributed by atoms with Crippen LogP contribution in [-0.2, 0) is 15.0 Å². The number of aliphatic hydroxyl groups excluding tert-OH is 1. The van der Waals surface area contributed by atoms with Crippen molar-refractivity contribution in [3.8, 4) is 0 Å². The minimum Gasteiger partial charge on any atom is -0.507 e. The van der Waals surface area contributed by atoms with E-state index in [0.717, 1.165) is 27.8 Å². The Morgan fingerprint density at radius 3 is 2.21 bits per heavy atom. The minimum absolute atomic E-state index is 0.120. The lowest BCUT2D eigenvalue weighted by Gasteiger charge is -2.27. The van der Waals surface area contributed by atoms with E-state index in [9.17, 15) is 14.7 Å². The molecular weight excluding hydrogens is 422 g/mol. The fourth-order valence-electron chi connectivity index (χ4n) is 4.55. The Labute approximate surface area is 201 Å². The van der Waals surface area contributed by atoms with Crippen LogP contribution in [0.2, 0.25) is 0 Å². The van der Waals surface area contributed by atoms with Crippen molar-refractivity contribution in [2.75, 3.05) is 4.90 Å². The first kappa shape index (κ1) is 23.5. The second kappa shape index (κ2) is 8.60. The standard InChI is InChI=1S/C30H31NO3/c1-18-10-9-12-22(16-18)31-26(23-13-8-7-11-19(23)2)25(28(33)29(31)34)27(32)24-17-21(30(4,5)6)15-14-20(24)3/h7-17,26,32H,1-6H3/b27-25+. The van der Waals surface area contributed by atoms with E-state index in [1.54, 1.807) is 0 Å². The van der Waals surface area contributed by atoms with Crippen LogP contribution >= 0.6 is 0 Å². The first-order chi connectivity index (χ1) is 16.0. The molecule has 3 aromatic rings. The van der Waals surface area contributed by atoms with Gasteiger partial charge in [0, 0.05) is 11.3 Å². The monoisotopic (exact) mass is 453 g/mol. The number of benzene rings is 3. The molecule has 1 amide bonds. The number of Topliss-reactive ketones (excluding diaryl/α,β-unsaturated/α-hetero) is 1. The fraction of sp³-hybridized carbons (Fsp3) is 0.267. The van der Waals surface area contributed by atoms with Crippen molar-refractivity contribution in [1.29, 1.82) is 0 Å². The van der Waals surface area contributed by atoms with E-state index in [4.69, 9.17) is 0 Å². The summed E-state index contributed by atoms with van der Waals surface area (Å²) in [6.45, 7) is 12.1. The first-order valence-electron chi connectivity index (χ1n) is 11.6. The maximum atomic E-state index is 13.5. The number of aryl methyl sites for hydroxylation is 3. The van der Waals surface area contributed by atoms with Crippen LogP contribution in [-0.4, -0.2) is 16.8 Å². The Hall–Kier alpha value is -3.66. The molecule has 4 nitrogen and oxygen atoms in total. The highest BCUT2D eigenvalue weighted by Gasteiger charge is 2.47. The third kappa shape index (κ3) is 4.05. The van der Waals surface area contributed by atoms with E-state index in [0.29, 0.717) is 11.3 Å². The maximum Gasteiger partial charge on any atom is 0.300 e. The zero-order valence-electron chi connectivity index (χ0n) is 20.6. The molecule has 1 atom stereocenters. The zero-order chi connectivity index (χ0) is 24.8. The van der Waals surface area contributed by atoms with Crippen LogP contribution in [0.15, 0.2) is 72.3 Å². The Bertz CT molecular complexity index is 1330. The van der Waals surface area contributed by atoms with E-state index in [2.05, 4.69) is 20.8 Å². The van der Waals surface area contributed by atoms with E-state index < -0.39 is 17.7 Å². The number of amides is 1. The number of ketones is 1. The molecule has 1 fully saturated rings. The van der Waals surface area contributed by atoms with Gasteiger partial charge in [0.25, 0.3) is 11.7 Å². The van der Waals surface area contributed by atoms with E-state index in [1.165, 1.54) is 4.90 Å². The molecule has 1 aliphatic rings. The van der Waals surface area contributed by atoms with Crippen molar-refractivity contribution in [2.24, 2.45) is 0 Å². The lowest BCUT2D eigenvalue weighted by Crippen LogP contribution is -2.29. The average Bonchev–Trinajstić information content (AvgIpc) is 3.03. The van der Waals surface area contributed by atoms with E-state index in [-0.39, 0.29) is 16.7 Å². The Kier molecular flexibility index (Phi) is 5.94. The van der Waals surface area contributed by atoms with Crippen molar-refractivity contribution in [2.45, 2.75) is 53.0 Å². The number of rotatable bonds is 3. The number of carbonyl (C=O) groups excluding carboxylic acids is 2. The van der Waals surface area contributed by atoms with Crippen LogP contribution in [0.3, 0.4) is 0 Å². The second-order valence-electron chi connectivity index (χ2n) is 10.1. The third-order valence-corrected chi connectivity index (χ3v) is 6.57. The van der Waals surface area contributed by atoms with Gasteiger partial charge in [-0.25, -0.2) is 0 Å². The summed E-state index contributed by atoms with van der Waals surface area (Å²) in [5.41, 5.74) is 5.82. The minimum atomic E-state index is -0.722. The summed E-state index contributed by atoms with van der Waals surface area (Å²) in [6.07, 6.45) is 0. The largest absolute Gasteiger partial charge is 0.507 e. The average molecular weight is 454 g/mol. The molecule has 0 bridgehead atoms. The predicted octanol–water partition coefficient (Wildman–Crippen LogP) is 6.54. The molecular formula is C30H31NO3. The van der Waals surface area contributed by atoms with Gasteiger partial charge in [-0.2, -0.15) is 0 Å². The molecule has 0 aromatic heterocycles. The SMILES string of the molecule is Cc1cccc(N2C(=O)C(=O)/C(=C(/O)c3cc(C(C)(C)C)ccc3C)C2c2ccccc2C)c1. The summed E-state index contributed by atoms with van der Waals surface area (Å²) in [4.78, 5) is 28.4. The van der Waals surface area contributed by atoms with Crippen LogP contribution in [0, 0.1) is 20.8 Å². The Balaban J connectivity index is 2.01. The fourth-order valence-corrected chi connectivity index (χ4v) is 4.55. The van der Waals surface area contributed by atoms with E-state index in [1.807, 2.05) is 87.5 Å². The molecule has 0 aliphatic carbocycles. The van der Waals surface area contributed by atoms with Gasteiger partial charge in [0.1, 0.15) is 5.76 Å². The lowest BCUT2D eigenvalue weighted by atomic mass is 9.84. The molecule has 0 radical (unpaired) electrons. The Morgan fingerprint density at radius 2 is 1.56 bits per heavy atom. The maximum absolute atomic E-state index is 13.5. The van der Waals surface area contributed by atoms with Crippen molar-refractivity contribution in [3.05, 3.63) is 106 Å². The van der Waals surface area contributed by atoms with Crippen LogP contribution in [0.4, 0.5) is 5.69 Å². The summed E-state index contributed by atoms with van der Waals surface area (Å²) < 4.78 is 0. The molecule has 34 heavy (non-hydrogen) atoms. The molecule has 1 heterocycles. The molecule has 1 unspecified atom stereocenters. The van der Waals surface area contributed by atoms with Crippen LogP contribution in [0.5, 0.6) is 0 Å². The van der Waals surface area contributed by atoms with Gasteiger partial charge in [-0.1, -0.05) is 69.3 Å². The van der Waals surface area contributed by atoms with Gasteiger partial charge in [-0.15, -0.1) is 0 Å². The van der Waals surface area contributed by atoms with Gasteiger partial charge < -0.3 is 5.11 Å². The number of anilines is 1. The predicted molar refractivity (Wildman–Crippen MR) is 137 cm³/mol. The van der Waals surface area contributed by atoms with Crippen LogP contribution in [0.25, 0.3) is 5.76 Å². The molecule has 1 aliphatic heterocycles. The highest BCUT2D eigenvalue weighted by molar-refractivity contribution is 6.51. The molecule has 3 aromatic carbocycles. The summed E-state index contributed by atoms with van der Waals surface area (Å²) in [5, 5.41) is 11.6. The molecule has 4 rings (SSSR count). The number of nitrogens with zero attached hydrogens (tertiary/aromatic N) is 1. The first-order valence-corrected chi connectivity index (χ1v) is 11.6. The second-order valence-corrected chi connectivity index (χ2v) is 10.1. The molecule has 4 heteroatoms. The van der Waals surface area contributed by atoms with Gasteiger partial charge in [0.05, 0.1) is 11.6 Å². The quantitative estimate of drug-likeness (QED) is 0.278. The molecule has 1 saturated heterocycles. The molecule has 0 spiro atoms. The number of carbonyl (C=O) groups is 2. The van der Waals surface area contributed by atoms with Gasteiger partial charge in [-0.05, 0) is 72.2 Å². The van der Waals surface area contributed by atoms with Crippen molar-refractivity contribution >= 4 is 23.1 Å². The summed E-state index contributed by atoms with van der Waals surface area (Å²) in [6, 6.07) is 20.4. The van der Waals surface area contributed by atoms with Crippen LogP contribution < -0.4 is 4.90 Å². The Morgan fingerprint density at radius 1 is 0.853 bits per heavy atom. The smallest absolute Gasteiger partial charge is 0.300 e. The topological polar surface area (TPSA) is 57.6 Å². The zero-order valence-corrected chi connectivity index (χ0v) is 20.6. The van der Waals surface area contributed by atoms with Gasteiger partial charge >= 0.3 is 0 Å². The lowest BCUT2D eigenvalue weighted by molar-refractivity contribution is -0.132. The normalized spacial score (nSPS) is 17.9. The molecule has 0 saturated carbocycles. The molecule has 174 valence electrons. The van der Waals surface area contributed by atoms with Gasteiger partial charge in [-0.3, -0.25) is 14.5 Å².